The lowest BCUT2D eigenvalue weighted by molar-refractivity contribution is -0.142. The molecule has 1 aliphatic rings. The highest BCUT2D eigenvalue weighted by atomic mass is 16.5. The van der Waals surface area contributed by atoms with Crippen LogP contribution < -0.4 is 14.8 Å². The maximum Gasteiger partial charge on any atom is 0.330 e. The molecule has 1 amide bonds. The van der Waals surface area contributed by atoms with Gasteiger partial charge in [-0.15, -0.1) is 0 Å². The maximum absolute atomic E-state index is 12.9. The highest BCUT2D eigenvalue weighted by Gasteiger charge is 2.52. The van der Waals surface area contributed by atoms with E-state index in [0.717, 1.165) is 5.56 Å². The van der Waals surface area contributed by atoms with Crippen molar-refractivity contribution in [3.05, 3.63) is 59.7 Å². The third kappa shape index (κ3) is 3.35. The Morgan fingerprint density at radius 2 is 1.69 bits per heavy atom. The second kappa shape index (κ2) is 7.07. The smallest absolute Gasteiger partial charge is 0.330 e. The molecule has 1 fully saturated rings. The molecule has 2 aromatic rings. The molecule has 6 heteroatoms. The molecule has 0 radical (unpaired) electrons. The van der Waals surface area contributed by atoms with Gasteiger partial charge in [0.1, 0.15) is 11.5 Å². The molecule has 2 N–H and O–H groups in total. The van der Waals surface area contributed by atoms with Gasteiger partial charge in [-0.3, -0.25) is 4.79 Å². The molecule has 3 rings (SSSR count). The van der Waals surface area contributed by atoms with Gasteiger partial charge in [0.25, 0.3) is 0 Å². The van der Waals surface area contributed by atoms with Crippen molar-refractivity contribution >= 4 is 11.9 Å². The molecule has 0 saturated heterocycles. The number of hydrogen-bond donors (Lipinski definition) is 2. The molecule has 1 aliphatic carbocycles. The predicted octanol–water partition coefficient (Wildman–Crippen LogP) is 2.68. The zero-order valence-corrected chi connectivity index (χ0v) is 14.7. The first kappa shape index (κ1) is 17.8. The van der Waals surface area contributed by atoms with E-state index in [9.17, 15) is 14.7 Å². The first-order valence-corrected chi connectivity index (χ1v) is 8.32. The Balaban J connectivity index is 1.82. The summed E-state index contributed by atoms with van der Waals surface area (Å²) in [5, 5.41) is 12.3. The third-order valence-corrected chi connectivity index (χ3v) is 4.78. The number of carbonyl (C=O) groups is 2. The fourth-order valence-corrected chi connectivity index (χ4v) is 3.06. The number of hydrogen-bond acceptors (Lipinski definition) is 4. The Morgan fingerprint density at radius 3 is 2.23 bits per heavy atom. The van der Waals surface area contributed by atoms with Crippen LogP contribution in [-0.2, 0) is 15.0 Å². The lowest BCUT2D eigenvalue weighted by Crippen LogP contribution is -2.40. The van der Waals surface area contributed by atoms with E-state index in [-0.39, 0.29) is 5.91 Å². The fraction of sp³-hybridized carbons (Fsp3) is 0.300. The number of ether oxygens (including phenoxy) is 2. The molecule has 1 saturated carbocycles. The summed E-state index contributed by atoms with van der Waals surface area (Å²) in [5.74, 6) is -0.140. The molecule has 0 aliphatic heterocycles. The molecule has 6 nitrogen and oxygen atoms in total. The van der Waals surface area contributed by atoms with E-state index < -0.39 is 17.4 Å². The summed E-state index contributed by atoms with van der Waals surface area (Å²) < 4.78 is 10.3. The highest BCUT2D eigenvalue weighted by molar-refractivity contribution is 5.94. The molecule has 1 atom stereocenters. The number of rotatable bonds is 7. The van der Waals surface area contributed by atoms with E-state index in [2.05, 4.69) is 5.32 Å². The topological polar surface area (TPSA) is 84.9 Å². The van der Waals surface area contributed by atoms with Crippen molar-refractivity contribution in [3.8, 4) is 11.5 Å². The highest BCUT2D eigenvalue weighted by Crippen LogP contribution is 2.49. The zero-order valence-electron chi connectivity index (χ0n) is 14.7. The van der Waals surface area contributed by atoms with E-state index in [1.807, 2.05) is 12.1 Å². The average Bonchev–Trinajstić information content (AvgIpc) is 3.48. The van der Waals surface area contributed by atoms with Gasteiger partial charge >= 0.3 is 5.97 Å². The van der Waals surface area contributed by atoms with Crippen molar-refractivity contribution in [1.82, 2.24) is 5.32 Å². The van der Waals surface area contributed by atoms with Gasteiger partial charge in [-0.2, -0.15) is 0 Å². The molecule has 136 valence electrons. The number of aliphatic carboxylic acids is 1. The number of carbonyl (C=O) groups excluding carboxylic acids is 1. The van der Waals surface area contributed by atoms with Crippen molar-refractivity contribution in [2.24, 2.45) is 0 Å². The van der Waals surface area contributed by atoms with Gasteiger partial charge < -0.3 is 19.9 Å². The van der Waals surface area contributed by atoms with Gasteiger partial charge in [0.2, 0.25) is 5.91 Å². The lowest BCUT2D eigenvalue weighted by atomic mass is 9.94. The third-order valence-electron chi connectivity index (χ3n) is 4.78. The molecular formula is C20H21NO5. The van der Waals surface area contributed by atoms with E-state index in [1.165, 1.54) is 7.11 Å². The maximum atomic E-state index is 12.9. The summed E-state index contributed by atoms with van der Waals surface area (Å²) in [5.41, 5.74) is 0.667. The summed E-state index contributed by atoms with van der Waals surface area (Å²) in [6, 6.07) is 12.9. The minimum atomic E-state index is -1.13. The van der Waals surface area contributed by atoms with Crippen LogP contribution in [0, 0.1) is 0 Å². The Morgan fingerprint density at radius 1 is 1.04 bits per heavy atom. The standard InChI is InChI=1S/C20H21NO5/c1-25-15-8-6-14(7-9-15)20(10-11-20)19(24)21-17(18(22)23)13-4-3-5-16(12-13)26-2/h3-9,12,17H,10-11H2,1-2H3,(H,21,24)(H,22,23)/t17-/m0/s1. The minimum absolute atomic E-state index is 0.280. The number of methoxy groups -OCH3 is 2. The number of nitrogens with one attached hydrogen (secondary N) is 1. The van der Waals surface area contributed by atoms with Gasteiger partial charge in [0.05, 0.1) is 19.6 Å². The van der Waals surface area contributed by atoms with Crippen molar-refractivity contribution < 1.29 is 24.2 Å². The van der Waals surface area contributed by atoms with Crippen molar-refractivity contribution in [2.75, 3.05) is 14.2 Å². The monoisotopic (exact) mass is 355 g/mol. The van der Waals surface area contributed by atoms with Crippen LogP contribution in [0.2, 0.25) is 0 Å². The first-order valence-electron chi connectivity index (χ1n) is 8.32. The lowest BCUT2D eigenvalue weighted by Gasteiger charge is -2.21. The summed E-state index contributed by atoms with van der Waals surface area (Å²) in [7, 11) is 3.09. The molecule has 26 heavy (non-hydrogen) atoms. The fourth-order valence-electron chi connectivity index (χ4n) is 3.06. The van der Waals surface area contributed by atoms with Crippen LogP contribution in [0.5, 0.6) is 11.5 Å². The largest absolute Gasteiger partial charge is 0.497 e. The van der Waals surface area contributed by atoms with Gasteiger partial charge in [-0.25, -0.2) is 4.79 Å². The number of carboxylic acid groups (broad SMARTS) is 1. The van der Waals surface area contributed by atoms with E-state index in [1.54, 1.807) is 43.5 Å². The van der Waals surface area contributed by atoms with Gasteiger partial charge in [0.15, 0.2) is 6.04 Å². The van der Waals surface area contributed by atoms with Gasteiger partial charge in [0, 0.05) is 0 Å². The van der Waals surface area contributed by atoms with Crippen LogP contribution >= 0.6 is 0 Å². The summed E-state index contributed by atoms with van der Waals surface area (Å²) >= 11 is 0. The summed E-state index contributed by atoms with van der Waals surface area (Å²) in [6.45, 7) is 0. The number of benzene rings is 2. The van der Waals surface area contributed by atoms with E-state index >= 15 is 0 Å². The quantitative estimate of drug-likeness (QED) is 0.798. The summed E-state index contributed by atoms with van der Waals surface area (Å²) in [4.78, 5) is 24.6. The van der Waals surface area contributed by atoms with Crippen LogP contribution in [0.1, 0.15) is 30.0 Å². The molecular weight excluding hydrogens is 334 g/mol. The molecule has 0 unspecified atom stereocenters. The Kier molecular flexibility index (Phi) is 4.84. The number of amides is 1. The van der Waals surface area contributed by atoms with Crippen molar-refractivity contribution in [1.29, 1.82) is 0 Å². The molecule has 0 bridgehead atoms. The minimum Gasteiger partial charge on any atom is -0.497 e. The van der Waals surface area contributed by atoms with Gasteiger partial charge in [-0.05, 0) is 48.2 Å². The van der Waals surface area contributed by atoms with Crippen molar-refractivity contribution in [3.63, 3.8) is 0 Å². The molecule has 0 spiro atoms. The van der Waals surface area contributed by atoms with E-state index in [0.29, 0.717) is 29.9 Å². The Bertz CT molecular complexity index is 811. The SMILES string of the molecule is COc1ccc(C2(C(=O)N[C@H](C(=O)O)c3cccc(OC)c3)CC2)cc1. The second-order valence-electron chi connectivity index (χ2n) is 6.33. The molecule has 0 aromatic heterocycles. The van der Waals surface area contributed by atoms with Crippen LogP contribution in [0.3, 0.4) is 0 Å². The van der Waals surface area contributed by atoms with Crippen LogP contribution in [0.25, 0.3) is 0 Å². The first-order chi connectivity index (χ1) is 12.5. The zero-order chi connectivity index (χ0) is 18.7. The Hall–Kier alpha value is -3.02. The molecule has 2 aromatic carbocycles. The summed E-state index contributed by atoms with van der Waals surface area (Å²) in [6.07, 6.45) is 1.38. The Labute approximate surface area is 151 Å². The van der Waals surface area contributed by atoms with Crippen LogP contribution in [-0.4, -0.2) is 31.2 Å². The van der Waals surface area contributed by atoms with Gasteiger partial charge in [-0.1, -0.05) is 24.3 Å². The van der Waals surface area contributed by atoms with E-state index in [4.69, 9.17) is 9.47 Å². The van der Waals surface area contributed by atoms with Crippen LogP contribution in [0.15, 0.2) is 48.5 Å². The average molecular weight is 355 g/mol. The predicted molar refractivity (Wildman–Crippen MR) is 95.4 cm³/mol. The van der Waals surface area contributed by atoms with Crippen molar-refractivity contribution in [2.45, 2.75) is 24.3 Å². The second-order valence-corrected chi connectivity index (χ2v) is 6.33. The number of carboxylic acids is 1. The normalized spacial score (nSPS) is 15.6. The van der Waals surface area contributed by atoms with Crippen LogP contribution in [0.4, 0.5) is 0 Å². The molecule has 0 heterocycles.